The summed E-state index contributed by atoms with van der Waals surface area (Å²) < 4.78 is 2.08. The van der Waals surface area contributed by atoms with Crippen LogP contribution in [-0.4, -0.2) is 27.0 Å². The summed E-state index contributed by atoms with van der Waals surface area (Å²) >= 11 is 0. The van der Waals surface area contributed by atoms with Crippen molar-refractivity contribution < 1.29 is 4.79 Å². The maximum Gasteiger partial charge on any atom is 0.253 e. The molecule has 5 nitrogen and oxygen atoms in total. The van der Waals surface area contributed by atoms with E-state index in [9.17, 15) is 4.79 Å². The number of nitrogens with zero attached hydrogens (tertiary/aromatic N) is 2. The van der Waals surface area contributed by atoms with Crippen LogP contribution in [0.5, 0.6) is 0 Å². The Morgan fingerprint density at radius 2 is 1.90 bits per heavy atom. The summed E-state index contributed by atoms with van der Waals surface area (Å²) in [6, 6.07) is 18.3. The van der Waals surface area contributed by atoms with Crippen molar-refractivity contribution in [2.45, 2.75) is 6.42 Å². The van der Waals surface area contributed by atoms with Gasteiger partial charge in [-0.15, -0.1) is 0 Å². The summed E-state index contributed by atoms with van der Waals surface area (Å²) in [5.41, 5.74) is 6.79. The predicted octanol–water partition coefficient (Wildman–Crippen LogP) is 4.32. The fourth-order valence-electron chi connectivity index (χ4n) is 3.63. The fourth-order valence-corrected chi connectivity index (χ4v) is 3.63. The van der Waals surface area contributed by atoms with E-state index >= 15 is 0 Å². The quantitative estimate of drug-likeness (QED) is 0.554. The van der Waals surface area contributed by atoms with Crippen LogP contribution in [-0.2, 0) is 6.42 Å². The molecule has 0 bridgehead atoms. The number of carbonyl (C=O) groups is 1. The predicted molar refractivity (Wildman–Crippen MR) is 115 cm³/mol. The first-order valence-electron chi connectivity index (χ1n) is 9.64. The van der Waals surface area contributed by atoms with Gasteiger partial charge in [-0.05, 0) is 54.1 Å². The Bertz CT molecular complexity index is 1200. The van der Waals surface area contributed by atoms with E-state index < -0.39 is 0 Å². The summed E-state index contributed by atoms with van der Waals surface area (Å²) in [5, 5.41) is 2.88. The molecular weight excluding hydrogens is 360 g/mol. The number of rotatable bonds is 4. The molecule has 142 valence electrons. The highest BCUT2D eigenvalue weighted by atomic mass is 16.1. The summed E-state index contributed by atoms with van der Waals surface area (Å²) in [6.07, 6.45) is 10.8. The molecule has 5 heteroatoms. The van der Waals surface area contributed by atoms with Gasteiger partial charge in [-0.2, -0.15) is 0 Å². The van der Waals surface area contributed by atoms with Crippen LogP contribution in [0, 0.1) is 0 Å². The summed E-state index contributed by atoms with van der Waals surface area (Å²) in [4.78, 5) is 19.9. The molecule has 3 aromatic heterocycles. The van der Waals surface area contributed by atoms with Crippen LogP contribution in [0.15, 0.2) is 73.2 Å². The Kier molecular flexibility index (Phi) is 4.33. The van der Waals surface area contributed by atoms with E-state index in [1.165, 1.54) is 0 Å². The lowest BCUT2D eigenvalue weighted by atomic mass is 10.1. The van der Waals surface area contributed by atoms with Crippen molar-refractivity contribution in [1.82, 2.24) is 19.9 Å². The molecule has 5 rings (SSSR count). The van der Waals surface area contributed by atoms with Gasteiger partial charge in [-0.3, -0.25) is 9.78 Å². The lowest BCUT2D eigenvalue weighted by Gasteiger charge is -2.10. The van der Waals surface area contributed by atoms with Crippen LogP contribution >= 0.6 is 0 Å². The van der Waals surface area contributed by atoms with E-state index in [0.717, 1.165) is 45.9 Å². The van der Waals surface area contributed by atoms with Crippen molar-refractivity contribution in [3.05, 3.63) is 95.7 Å². The first-order valence-corrected chi connectivity index (χ1v) is 9.64. The molecule has 0 fully saturated rings. The molecule has 0 spiro atoms. The minimum atomic E-state index is -0.00880. The number of amides is 1. The molecule has 2 N–H and O–H groups in total. The molecule has 0 saturated carbocycles. The van der Waals surface area contributed by atoms with Crippen molar-refractivity contribution in [3.8, 4) is 16.9 Å². The molecule has 1 aromatic carbocycles. The number of H-pyrrole nitrogens is 1. The third-order valence-electron chi connectivity index (χ3n) is 5.12. The van der Waals surface area contributed by atoms with Crippen molar-refractivity contribution in [3.63, 3.8) is 0 Å². The standard InChI is InChI=1S/C24H20N4O/c29-24-21-16-23(27-22(21)9-11-26-24)18-8-10-25-19(15-18)7-6-17-4-3-5-20(14-17)28-12-1-2-13-28/h1-8,10,12-16,27H,9,11H2,(H,26,29)/b7-6+. The largest absolute Gasteiger partial charge is 0.358 e. The Labute approximate surface area is 168 Å². The lowest BCUT2D eigenvalue weighted by molar-refractivity contribution is 0.0946. The summed E-state index contributed by atoms with van der Waals surface area (Å²) in [5.74, 6) is -0.00880. The van der Waals surface area contributed by atoms with E-state index in [1.54, 1.807) is 6.20 Å². The van der Waals surface area contributed by atoms with Crippen molar-refractivity contribution in [1.29, 1.82) is 0 Å². The number of aromatic nitrogens is 3. The van der Waals surface area contributed by atoms with Crippen LogP contribution in [0.3, 0.4) is 0 Å². The van der Waals surface area contributed by atoms with E-state index in [2.05, 4.69) is 44.1 Å². The minimum absolute atomic E-state index is 0.00880. The molecule has 0 atom stereocenters. The van der Waals surface area contributed by atoms with Crippen molar-refractivity contribution in [2.24, 2.45) is 0 Å². The van der Waals surface area contributed by atoms with E-state index in [1.807, 2.05) is 54.9 Å². The first kappa shape index (κ1) is 17.3. The third kappa shape index (κ3) is 3.50. The van der Waals surface area contributed by atoms with Gasteiger partial charge in [-0.1, -0.05) is 18.2 Å². The molecular formula is C24H20N4O. The average Bonchev–Trinajstić information content (AvgIpc) is 3.44. The Morgan fingerprint density at radius 3 is 2.76 bits per heavy atom. The molecule has 1 aliphatic rings. The highest BCUT2D eigenvalue weighted by Crippen LogP contribution is 2.24. The number of nitrogens with one attached hydrogen (secondary N) is 2. The molecule has 0 aliphatic carbocycles. The molecule has 4 aromatic rings. The fraction of sp³-hybridized carbons (Fsp3) is 0.0833. The number of hydrogen-bond donors (Lipinski definition) is 2. The van der Waals surface area contributed by atoms with Crippen molar-refractivity contribution in [2.75, 3.05) is 6.54 Å². The Hall–Kier alpha value is -3.86. The van der Waals surface area contributed by atoms with Gasteiger partial charge in [0.15, 0.2) is 0 Å². The highest BCUT2D eigenvalue weighted by molar-refractivity contribution is 5.97. The molecule has 1 amide bonds. The number of pyridine rings is 1. The number of carbonyl (C=O) groups excluding carboxylic acids is 1. The average molecular weight is 380 g/mol. The molecule has 0 unspecified atom stereocenters. The SMILES string of the molecule is O=C1NCCc2[nH]c(-c3ccnc(/C=C/c4cccc(-n5cccc5)c4)c3)cc21. The van der Waals surface area contributed by atoms with E-state index in [4.69, 9.17) is 0 Å². The molecule has 0 radical (unpaired) electrons. The van der Waals surface area contributed by atoms with Gasteiger partial charge in [0.05, 0.1) is 11.3 Å². The number of aromatic amines is 1. The lowest BCUT2D eigenvalue weighted by Crippen LogP contribution is -2.31. The zero-order valence-corrected chi connectivity index (χ0v) is 15.8. The summed E-state index contributed by atoms with van der Waals surface area (Å²) in [7, 11) is 0. The number of hydrogen-bond acceptors (Lipinski definition) is 2. The van der Waals surface area contributed by atoms with Crippen LogP contribution in [0.25, 0.3) is 29.1 Å². The van der Waals surface area contributed by atoms with Crippen LogP contribution in [0.4, 0.5) is 0 Å². The third-order valence-corrected chi connectivity index (χ3v) is 5.12. The van der Waals surface area contributed by atoms with Crippen LogP contribution in [0.2, 0.25) is 0 Å². The monoisotopic (exact) mass is 380 g/mol. The zero-order valence-electron chi connectivity index (χ0n) is 15.8. The maximum absolute atomic E-state index is 12.0. The van der Waals surface area contributed by atoms with Gasteiger partial charge in [0.1, 0.15) is 0 Å². The number of benzene rings is 1. The second kappa shape index (κ2) is 7.28. The van der Waals surface area contributed by atoms with Gasteiger partial charge in [-0.25, -0.2) is 0 Å². The normalized spacial score (nSPS) is 13.4. The molecule has 1 aliphatic heterocycles. The Balaban J connectivity index is 1.41. The topological polar surface area (TPSA) is 62.7 Å². The van der Waals surface area contributed by atoms with Gasteiger partial charge in [0.25, 0.3) is 5.91 Å². The zero-order chi connectivity index (χ0) is 19.6. The smallest absolute Gasteiger partial charge is 0.253 e. The van der Waals surface area contributed by atoms with Crippen LogP contribution in [0.1, 0.15) is 27.3 Å². The van der Waals surface area contributed by atoms with E-state index in [0.29, 0.717) is 6.54 Å². The first-order chi connectivity index (χ1) is 14.3. The molecule has 0 saturated heterocycles. The van der Waals surface area contributed by atoms with E-state index in [-0.39, 0.29) is 5.91 Å². The minimum Gasteiger partial charge on any atom is -0.358 e. The number of fused-ring (bicyclic) bond motifs is 1. The highest BCUT2D eigenvalue weighted by Gasteiger charge is 2.19. The van der Waals surface area contributed by atoms with Gasteiger partial charge < -0.3 is 14.9 Å². The van der Waals surface area contributed by atoms with Crippen LogP contribution < -0.4 is 5.32 Å². The second-order valence-corrected chi connectivity index (χ2v) is 7.07. The molecule has 4 heterocycles. The van der Waals surface area contributed by atoms with Gasteiger partial charge in [0, 0.05) is 54.2 Å². The van der Waals surface area contributed by atoms with Gasteiger partial charge >= 0.3 is 0 Å². The van der Waals surface area contributed by atoms with Crippen molar-refractivity contribution >= 4 is 18.1 Å². The molecule has 29 heavy (non-hydrogen) atoms. The van der Waals surface area contributed by atoms with Gasteiger partial charge in [0.2, 0.25) is 0 Å². The Morgan fingerprint density at radius 1 is 1.00 bits per heavy atom. The summed E-state index contributed by atoms with van der Waals surface area (Å²) in [6.45, 7) is 0.679. The maximum atomic E-state index is 12.0. The second-order valence-electron chi connectivity index (χ2n) is 7.07.